The second-order valence-electron chi connectivity index (χ2n) is 2.85. The van der Waals surface area contributed by atoms with E-state index in [9.17, 15) is 9.59 Å². The first kappa shape index (κ1) is 10.4. The molecule has 0 aliphatic heterocycles. The van der Waals surface area contributed by atoms with E-state index < -0.39 is 11.5 Å². The highest BCUT2D eigenvalue weighted by molar-refractivity contribution is 6.32. The van der Waals surface area contributed by atoms with Gasteiger partial charge in [-0.3, -0.25) is 4.79 Å². The number of H-pyrrole nitrogens is 1. The van der Waals surface area contributed by atoms with Gasteiger partial charge in [-0.2, -0.15) is 10.2 Å². The van der Waals surface area contributed by atoms with Gasteiger partial charge in [0, 0.05) is 6.20 Å². The number of hydrogen-bond acceptors (Lipinski definition) is 4. The molecule has 2 N–H and O–H groups in total. The Labute approximate surface area is 93.3 Å². The number of carboxylic acids is 1. The van der Waals surface area contributed by atoms with Crippen molar-refractivity contribution in [2.45, 2.75) is 0 Å². The van der Waals surface area contributed by atoms with E-state index in [2.05, 4.69) is 15.3 Å². The largest absolute Gasteiger partial charge is 0.476 e. The zero-order valence-electron chi connectivity index (χ0n) is 7.72. The first-order chi connectivity index (χ1) is 7.59. The summed E-state index contributed by atoms with van der Waals surface area (Å²) in [4.78, 5) is 21.8. The third-order valence-electron chi connectivity index (χ3n) is 1.83. The molecule has 82 valence electrons. The monoisotopic (exact) mass is 240 g/mol. The zero-order chi connectivity index (χ0) is 11.7. The topological polar surface area (TPSA) is 101 Å². The third kappa shape index (κ3) is 1.68. The number of aromatic carboxylic acids is 1. The molecule has 0 saturated heterocycles. The van der Waals surface area contributed by atoms with Crippen LogP contribution in [0, 0.1) is 0 Å². The Morgan fingerprint density at radius 2 is 2.31 bits per heavy atom. The maximum absolute atomic E-state index is 11.1. The number of nitrogens with zero attached hydrogens (tertiary/aromatic N) is 3. The second-order valence-corrected chi connectivity index (χ2v) is 3.23. The molecule has 0 bridgehead atoms. The van der Waals surface area contributed by atoms with Crippen LogP contribution in [0.15, 0.2) is 23.3 Å². The fourth-order valence-electron chi connectivity index (χ4n) is 1.11. The smallest absolute Gasteiger partial charge is 0.356 e. The maximum atomic E-state index is 11.1. The standard InChI is InChI=1S/C8H5ClN4O3/c9-6-5(3-10-11-7(6)14)13-2-1-4(12-13)8(15)16/h1-3H,(H,11,14)(H,15,16). The summed E-state index contributed by atoms with van der Waals surface area (Å²) < 4.78 is 1.17. The number of rotatable bonds is 2. The van der Waals surface area contributed by atoms with Gasteiger partial charge in [-0.15, -0.1) is 0 Å². The molecule has 8 heteroatoms. The molecule has 0 aromatic carbocycles. The lowest BCUT2D eigenvalue weighted by Crippen LogP contribution is -2.12. The predicted molar refractivity (Wildman–Crippen MR) is 53.9 cm³/mol. The summed E-state index contributed by atoms with van der Waals surface area (Å²) in [7, 11) is 0. The molecule has 0 spiro atoms. The van der Waals surface area contributed by atoms with Crippen LogP contribution in [0.1, 0.15) is 10.5 Å². The van der Waals surface area contributed by atoms with Crippen molar-refractivity contribution in [1.82, 2.24) is 20.0 Å². The second kappa shape index (κ2) is 3.78. The van der Waals surface area contributed by atoms with Crippen LogP contribution in [0.25, 0.3) is 5.69 Å². The summed E-state index contributed by atoms with van der Waals surface area (Å²) in [5.74, 6) is -1.16. The van der Waals surface area contributed by atoms with Gasteiger partial charge in [0.2, 0.25) is 0 Å². The summed E-state index contributed by atoms with van der Waals surface area (Å²) in [5, 5.41) is 18.0. The SMILES string of the molecule is O=C(O)c1ccn(-c2cn[nH]c(=O)c2Cl)n1. The van der Waals surface area contributed by atoms with E-state index >= 15 is 0 Å². The van der Waals surface area contributed by atoms with E-state index in [1.54, 1.807) is 0 Å². The van der Waals surface area contributed by atoms with Crippen molar-refractivity contribution in [2.24, 2.45) is 0 Å². The molecule has 2 aromatic rings. The Balaban J connectivity index is 2.55. The summed E-state index contributed by atoms with van der Waals surface area (Å²) in [6.45, 7) is 0. The highest BCUT2D eigenvalue weighted by Gasteiger charge is 2.11. The highest BCUT2D eigenvalue weighted by atomic mass is 35.5. The average Bonchev–Trinajstić information content (AvgIpc) is 2.71. The summed E-state index contributed by atoms with van der Waals surface area (Å²) in [6, 6.07) is 1.29. The lowest BCUT2D eigenvalue weighted by Gasteiger charge is -2.00. The molecular weight excluding hydrogens is 236 g/mol. The van der Waals surface area contributed by atoms with Crippen LogP contribution in [-0.2, 0) is 0 Å². The van der Waals surface area contributed by atoms with Crippen LogP contribution in [0.5, 0.6) is 0 Å². The summed E-state index contributed by atoms with van der Waals surface area (Å²) >= 11 is 5.72. The molecule has 0 aliphatic rings. The first-order valence-electron chi connectivity index (χ1n) is 4.12. The fourth-order valence-corrected chi connectivity index (χ4v) is 1.28. The van der Waals surface area contributed by atoms with E-state index in [1.165, 1.54) is 23.1 Å². The van der Waals surface area contributed by atoms with Gasteiger partial charge in [0.15, 0.2) is 5.69 Å². The van der Waals surface area contributed by atoms with E-state index in [0.29, 0.717) is 0 Å². The van der Waals surface area contributed by atoms with Crippen molar-refractivity contribution in [3.05, 3.63) is 39.5 Å². The van der Waals surface area contributed by atoms with Gasteiger partial charge in [0.05, 0.1) is 6.20 Å². The number of aromatic nitrogens is 4. The van der Waals surface area contributed by atoms with Crippen molar-refractivity contribution < 1.29 is 9.90 Å². The van der Waals surface area contributed by atoms with Gasteiger partial charge >= 0.3 is 5.97 Å². The zero-order valence-corrected chi connectivity index (χ0v) is 8.47. The van der Waals surface area contributed by atoms with Crippen molar-refractivity contribution in [3.63, 3.8) is 0 Å². The summed E-state index contributed by atoms with van der Waals surface area (Å²) in [5.41, 5.74) is -0.485. The highest BCUT2D eigenvalue weighted by Crippen LogP contribution is 2.13. The molecule has 0 amide bonds. The van der Waals surface area contributed by atoms with Crippen LogP contribution in [-0.4, -0.2) is 31.1 Å². The van der Waals surface area contributed by atoms with Gasteiger partial charge < -0.3 is 5.11 Å². The predicted octanol–water partition coefficient (Wildman–Crippen LogP) is 0.307. The Kier molecular flexibility index (Phi) is 2.45. The van der Waals surface area contributed by atoms with Crippen molar-refractivity contribution >= 4 is 17.6 Å². The number of carboxylic acid groups (broad SMARTS) is 1. The molecule has 0 saturated carbocycles. The number of nitrogens with one attached hydrogen (secondary N) is 1. The van der Waals surface area contributed by atoms with Crippen LogP contribution in [0.2, 0.25) is 5.02 Å². The normalized spacial score (nSPS) is 10.3. The van der Waals surface area contributed by atoms with Gasteiger partial charge in [0.25, 0.3) is 5.56 Å². The molecule has 0 unspecified atom stereocenters. The van der Waals surface area contributed by atoms with E-state index in [-0.39, 0.29) is 16.4 Å². The average molecular weight is 241 g/mol. The lowest BCUT2D eigenvalue weighted by molar-refractivity contribution is 0.0690. The van der Waals surface area contributed by atoms with Gasteiger partial charge in [-0.25, -0.2) is 14.6 Å². The minimum atomic E-state index is -1.16. The Hall–Kier alpha value is -2.15. The Bertz CT molecular complexity index is 603. The maximum Gasteiger partial charge on any atom is 0.356 e. The minimum absolute atomic E-state index is 0.102. The van der Waals surface area contributed by atoms with Crippen LogP contribution in [0.4, 0.5) is 0 Å². The van der Waals surface area contributed by atoms with Crippen molar-refractivity contribution in [2.75, 3.05) is 0 Å². The molecule has 2 aromatic heterocycles. The lowest BCUT2D eigenvalue weighted by atomic mass is 10.4. The van der Waals surface area contributed by atoms with Crippen molar-refractivity contribution in [1.29, 1.82) is 0 Å². The molecule has 0 atom stereocenters. The van der Waals surface area contributed by atoms with Gasteiger partial charge in [-0.05, 0) is 6.07 Å². The molecule has 2 rings (SSSR count). The molecule has 0 radical (unpaired) electrons. The Morgan fingerprint density at radius 1 is 1.56 bits per heavy atom. The van der Waals surface area contributed by atoms with Crippen LogP contribution >= 0.6 is 11.6 Å². The minimum Gasteiger partial charge on any atom is -0.476 e. The first-order valence-corrected chi connectivity index (χ1v) is 4.50. The van der Waals surface area contributed by atoms with E-state index in [1.807, 2.05) is 0 Å². The summed E-state index contributed by atoms with van der Waals surface area (Å²) in [6.07, 6.45) is 2.66. The quantitative estimate of drug-likeness (QED) is 0.787. The number of halogens is 1. The molecule has 7 nitrogen and oxygen atoms in total. The molecule has 16 heavy (non-hydrogen) atoms. The fraction of sp³-hybridized carbons (Fsp3) is 0. The van der Waals surface area contributed by atoms with Gasteiger partial charge in [0.1, 0.15) is 10.7 Å². The van der Waals surface area contributed by atoms with E-state index in [0.717, 1.165) is 0 Å². The van der Waals surface area contributed by atoms with Crippen molar-refractivity contribution in [3.8, 4) is 5.69 Å². The van der Waals surface area contributed by atoms with Gasteiger partial charge in [-0.1, -0.05) is 11.6 Å². The molecule has 0 fully saturated rings. The number of aromatic amines is 1. The number of hydrogen-bond donors (Lipinski definition) is 2. The Morgan fingerprint density at radius 3 is 2.94 bits per heavy atom. The van der Waals surface area contributed by atoms with Crippen LogP contribution < -0.4 is 5.56 Å². The van der Waals surface area contributed by atoms with Crippen LogP contribution in [0.3, 0.4) is 0 Å². The molecular formula is C8H5ClN4O3. The third-order valence-corrected chi connectivity index (χ3v) is 2.20. The van der Waals surface area contributed by atoms with E-state index in [4.69, 9.17) is 16.7 Å². The molecule has 0 aliphatic carbocycles. The number of carbonyl (C=O) groups is 1. The molecule has 2 heterocycles.